The van der Waals surface area contributed by atoms with Gasteiger partial charge in [-0.05, 0) is 38.2 Å². The Labute approximate surface area is 118 Å². The molecule has 0 saturated heterocycles. The standard InChI is InChI=1S/C14H20N4S/c1-3-18(4-2)10-9-15-13-11-7-5-6-8-12(11)16-14(19)17-13/h5-8H,3-4,9-10H2,1-2H3,(H2,15,16,17,19)/p+1. The van der Waals surface area contributed by atoms with Gasteiger partial charge >= 0.3 is 0 Å². The Morgan fingerprint density at radius 1 is 1.26 bits per heavy atom. The van der Waals surface area contributed by atoms with Gasteiger partial charge < -0.3 is 15.2 Å². The number of nitrogens with zero attached hydrogens (tertiary/aromatic N) is 1. The first-order chi connectivity index (χ1) is 9.24. The zero-order valence-corrected chi connectivity index (χ0v) is 12.3. The fourth-order valence-electron chi connectivity index (χ4n) is 2.20. The number of nitrogens with one attached hydrogen (secondary N) is 3. The van der Waals surface area contributed by atoms with E-state index < -0.39 is 0 Å². The number of fused-ring (bicyclic) bond motifs is 1. The van der Waals surface area contributed by atoms with Crippen LogP contribution in [0.4, 0.5) is 5.82 Å². The van der Waals surface area contributed by atoms with Crippen molar-refractivity contribution >= 4 is 28.9 Å². The lowest BCUT2D eigenvalue weighted by molar-refractivity contribution is -0.894. The average Bonchev–Trinajstić information content (AvgIpc) is 2.43. The number of benzene rings is 1. The molecule has 0 aliphatic heterocycles. The number of aromatic nitrogens is 2. The Balaban J connectivity index is 2.14. The maximum absolute atomic E-state index is 5.16. The van der Waals surface area contributed by atoms with Gasteiger partial charge in [0.1, 0.15) is 5.82 Å². The summed E-state index contributed by atoms with van der Waals surface area (Å²) >= 11 is 5.16. The van der Waals surface area contributed by atoms with E-state index in [1.807, 2.05) is 18.2 Å². The SMILES string of the molecule is CC[NH+](CC)CCNc1nc(=S)[nH]c2ccccc12. The summed E-state index contributed by atoms with van der Waals surface area (Å²) in [5.74, 6) is 0.880. The van der Waals surface area contributed by atoms with Gasteiger partial charge in [0.15, 0.2) is 4.77 Å². The fraction of sp³-hybridized carbons (Fsp3) is 0.429. The number of quaternary nitrogens is 1. The summed E-state index contributed by atoms with van der Waals surface area (Å²) < 4.78 is 0.524. The van der Waals surface area contributed by atoms with Crippen LogP contribution < -0.4 is 10.2 Å². The molecule has 0 bridgehead atoms. The van der Waals surface area contributed by atoms with Crippen LogP contribution >= 0.6 is 12.2 Å². The molecule has 0 aliphatic carbocycles. The number of rotatable bonds is 6. The molecule has 2 rings (SSSR count). The molecule has 0 aliphatic rings. The zero-order chi connectivity index (χ0) is 13.7. The fourth-order valence-corrected chi connectivity index (χ4v) is 2.40. The average molecular weight is 277 g/mol. The van der Waals surface area contributed by atoms with E-state index >= 15 is 0 Å². The van der Waals surface area contributed by atoms with Crippen LogP contribution in [0.2, 0.25) is 0 Å². The quantitative estimate of drug-likeness (QED) is 0.703. The molecule has 102 valence electrons. The first kappa shape index (κ1) is 14.0. The van der Waals surface area contributed by atoms with Crippen molar-refractivity contribution in [3.05, 3.63) is 29.0 Å². The number of likely N-dealkylation sites (N-methyl/N-ethyl adjacent to an activating group) is 1. The lowest BCUT2D eigenvalue weighted by atomic mass is 10.2. The van der Waals surface area contributed by atoms with Crippen molar-refractivity contribution in [3.8, 4) is 0 Å². The maximum atomic E-state index is 5.16. The molecule has 0 radical (unpaired) electrons. The number of hydrogen-bond donors (Lipinski definition) is 3. The number of aromatic amines is 1. The second kappa shape index (κ2) is 6.63. The highest BCUT2D eigenvalue weighted by atomic mass is 32.1. The second-order valence-corrected chi connectivity index (χ2v) is 4.96. The second-order valence-electron chi connectivity index (χ2n) is 4.57. The number of hydrogen-bond acceptors (Lipinski definition) is 3. The minimum atomic E-state index is 0.524. The summed E-state index contributed by atoms with van der Waals surface area (Å²) in [5, 5.41) is 4.50. The van der Waals surface area contributed by atoms with Crippen LogP contribution in [0.1, 0.15) is 13.8 Å². The van der Waals surface area contributed by atoms with Gasteiger partial charge in [-0.3, -0.25) is 0 Å². The van der Waals surface area contributed by atoms with Crippen LogP contribution in [0.3, 0.4) is 0 Å². The van der Waals surface area contributed by atoms with Crippen molar-refractivity contribution in [1.82, 2.24) is 9.97 Å². The van der Waals surface area contributed by atoms with Crippen molar-refractivity contribution in [2.75, 3.05) is 31.5 Å². The number of anilines is 1. The molecule has 0 unspecified atom stereocenters. The number of H-pyrrole nitrogens is 1. The van der Waals surface area contributed by atoms with Crippen molar-refractivity contribution < 1.29 is 4.90 Å². The van der Waals surface area contributed by atoms with E-state index in [4.69, 9.17) is 12.2 Å². The van der Waals surface area contributed by atoms with Crippen LogP contribution in [0.5, 0.6) is 0 Å². The van der Waals surface area contributed by atoms with Gasteiger partial charge in [-0.2, -0.15) is 0 Å². The first-order valence-electron chi connectivity index (χ1n) is 6.81. The summed E-state index contributed by atoms with van der Waals surface area (Å²) in [6, 6.07) is 8.09. The highest BCUT2D eigenvalue weighted by Gasteiger charge is 2.05. The minimum Gasteiger partial charge on any atom is -0.364 e. The lowest BCUT2D eigenvalue weighted by Crippen LogP contribution is -3.12. The van der Waals surface area contributed by atoms with Gasteiger partial charge in [0.25, 0.3) is 0 Å². The minimum absolute atomic E-state index is 0.524. The zero-order valence-electron chi connectivity index (χ0n) is 11.5. The maximum Gasteiger partial charge on any atom is 0.199 e. The van der Waals surface area contributed by atoms with E-state index in [9.17, 15) is 0 Å². The molecule has 19 heavy (non-hydrogen) atoms. The lowest BCUT2D eigenvalue weighted by Gasteiger charge is -2.16. The molecular weight excluding hydrogens is 256 g/mol. The molecule has 2 aromatic rings. The van der Waals surface area contributed by atoms with E-state index in [-0.39, 0.29) is 0 Å². The molecule has 1 heterocycles. The van der Waals surface area contributed by atoms with E-state index in [0.29, 0.717) is 4.77 Å². The summed E-state index contributed by atoms with van der Waals surface area (Å²) in [6.07, 6.45) is 0. The van der Waals surface area contributed by atoms with E-state index in [2.05, 4.69) is 35.2 Å². The third-order valence-electron chi connectivity index (χ3n) is 3.41. The molecule has 5 heteroatoms. The summed E-state index contributed by atoms with van der Waals surface area (Å²) in [4.78, 5) is 9.08. The molecule has 0 amide bonds. The molecule has 0 fully saturated rings. The highest BCUT2D eigenvalue weighted by molar-refractivity contribution is 7.71. The summed E-state index contributed by atoms with van der Waals surface area (Å²) in [5.41, 5.74) is 1.03. The van der Waals surface area contributed by atoms with Crippen LogP contribution in [-0.4, -0.2) is 36.1 Å². The van der Waals surface area contributed by atoms with Crippen LogP contribution in [-0.2, 0) is 0 Å². The first-order valence-corrected chi connectivity index (χ1v) is 7.22. The summed E-state index contributed by atoms with van der Waals surface area (Å²) in [6.45, 7) is 8.74. The number of para-hydroxylation sites is 1. The molecule has 0 spiro atoms. The van der Waals surface area contributed by atoms with Crippen LogP contribution in [0.25, 0.3) is 10.9 Å². The highest BCUT2D eigenvalue weighted by Crippen LogP contribution is 2.18. The Bertz CT molecular complexity index is 589. The van der Waals surface area contributed by atoms with Crippen molar-refractivity contribution in [3.63, 3.8) is 0 Å². The summed E-state index contributed by atoms with van der Waals surface area (Å²) in [7, 11) is 0. The molecule has 4 nitrogen and oxygen atoms in total. The largest absolute Gasteiger partial charge is 0.364 e. The van der Waals surface area contributed by atoms with Gasteiger partial charge in [-0.15, -0.1) is 0 Å². The Morgan fingerprint density at radius 3 is 2.74 bits per heavy atom. The third-order valence-corrected chi connectivity index (χ3v) is 3.60. The molecule has 0 atom stereocenters. The third kappa shape index (κ3) is 3.52. The van der Waals surface area contributed by atoms with Gasteiger partial charge in [0.05, 0.1) is 31.7 Å². The van der Waals surface area contributed by atoms with Crippen molar-refractivity contribution in [1.29, 1.82) is 0 Å². The van der Waals surface area contributed by atoms with Gasteiger partial charge in [-0.1, -0.05) is 12.1 Å². The topological polar surface area (TPSA) is 45.1 Å². The Morgan fingerprint density at radius 2 is 2.00 bits per heavy atom. The van der Waals surface area contributed by atoms with Crippen molar-refractivity contribution in [2.24, 2.45) is 0 Å². The van der Waals surface area contributed by atoms with Crippen molar-refractivity contribution in [2.45, 2.75) is 13.8 Å². The monoisotopic (exact) mass is 277 g/mol. The normalized spacial score (nSPS) is 11.1. The molecule has 1 aromatic heterocycles. The van der Waals surface area contributed by atoms with Crippen LogP contribution in [0, 0.1) is 4.77 Å². The molecule has 3 N–H and O–H groups in total. The smallest absolute Gasteiger partial charge is 0.199 e. The Kier molecular flexibility index (Phi) is 4.87. The predicted octanol–water partition coefficient (Wildman–Crippen LogP) is 1.63. The molecular formula is C14H21N4S+. The van der Waals surface area contributed by atoms with E-state index in [1.54, 1.807) is 4.90 Å². The predicted molar refractivity (Wildman–Crippen MR) is 82.3 cm³/mol. The van der Waals surface area contributed by atoms with Gasteiger partial charge in [-0.25, -0.2) is 4.98 Å². The van der Waals surface area contributed by atoms with Gasteiger partial charge in [0.2, 0.25) is 0 Å². The van der Waals surface area contributed by atoms with Gasteiger partial charge in [0, 0.05) is 5.39 Å². The molecule has 0 saturated carbocycles. The van der Waals surface area contributed by atoms with Crippen LogP contribution in [0.15, 0.2) is 24.3 Å². The Hall–Kier alpha value is -1.46. The molecule has 1 aromatic carbocycles. The van der Waals surface area contributed by atoms with E-state index in [1.165, 1.54) is 0 Å². The van der Waals surface area contributed by atoms with E-state index in [0.717, 1.165) is 42.9 Å².